The third-order valence-electron chi connectivity index (χ3n) is 4.71. The van der Waals surface area contributed by atoms with Gasteiger partial charge in [0.25, 0.3) is 0 Å². The van der Waals surface area contributed by atoms with E-state index in [1.165, 1.54) is 0 Å². The van der Waals surface area contributed by atoms with E-state index < -0.39 is 72.6 Å². The van der Waals surface area contributed by atoms with Gasteiger partial charge in [0, 0.05) is 18.8 Å². The molecule has 38 heavy (non-hydrogen) atoms. The number of rotatable bonds is 14. The van der Waals surface area contributed by atoms with Crippen LogP contribution in [0.2, 0.25) is 0 Å². The van der Waals surface area contributed by atoms with E-state index in [0.717, 1.165) is 6.42 Å². The van der Waals surface area contributed by atoms with Crippen LogP contribution in [0.3, 0.4) is 0 Å². The van der Waals surface area contributed by atoms with Crippen LogP contribution >= 0.6 is 0 Å². The van der Waals surface area contributed by atoms with E-state index in [-0.39, 0.29) is 24.7 Å². The molecule has 0 amide bonds. The van der Waals surface area contributed by atoms with E-state index in [0.29, 0.717) is 6.42 Å². The number of hydrogen-bond donors (Lipinski definition) is 9. The molecule has 0 aliphatic carbocycles. The molecule has 0 aromatic carbocycles. The van der Waals surface area contributed by atoms with Gasteiger partial charge in [-0.25, -0.2) is 9.59 Å². The molecule has 0 bridgehead atoms. The van der Waals surface area contributed by atoms with Gasteiger partial charge in [-0.2, -0.15) is 0 Å². The van der Waals surface area contributed by atoms with E-state index >= 15 is 0 Å². The third kappa shape index (κ3) is 27.1. The zero-order valence-electron chi connectivity index (χ0n) is 21.8. The van der Waals surface area contributed by atoms with E-state index in [9.17, 15) is 33.6 Å². The van der Waals surface area contributed by atoms with Gasteiger partial charge in [0.1, 0.15) is 6.04 Å². The summed E-state index contributed by atoms with van der Waals surface area (Å²) in [7, 11) is 0. The van der Waals surface area contributed by atoms with Gasteiger partial charge in [-0.1, -0.05) is 34.1 Å². The Morgan fingerprint density at radius 3 is 1.34 bits per heavy atom. The number of nitrogens with two attached hydrogens (primary N) is 2. The number of Topliss-reactive ketones (excluding diaryl/α,β-unsaturated/α-hetero) is 2. The lowest BCUT2D eigenvalue weighted by Gasteiger charge is -2.19. The fourth-order valence-corrected chi connectivity index (χ4v) is 1.69. The molecule has 4 atom stereocenters. The Balaban J connectivity index is -0.000000203. The summed E-state index contributed by atoms with van der Waals surface area (Å²) in [6.07, 6.45) is -1.00. The minimum absolute atomic E-state index is 0.0231. The summed E-state index contributed by atoms with van der Waals surface area (Å²) in [5, 5.41) is 57.5. The van der Waals surface area contributed by atoms with Crippen LogP contribution < -0.4 is 11.5 Å². The molecule has 222 valence electrons. The average Bonchev–Trinajstić information content (AvgIpc) is 2.84. The van der Waals surface area contributed by atoms with Crippen LogP contribution in [0.5, 0.6) is 0 Å². The van der Waals surface area contributed by atoms with Crippen molar-refractivity contribution in [3.63, 3.8) is 0 Å². The number of aliphatic carboxylic acids is 5. The van der Waals surface area contributed by atoms with Crippen LogP contribution in [0.15, 0.2) is 0 Å². The molecule has 1 unspecified atom stereocenters. The SMILES string of the molecule is CC[C@H](C)C(=O)C(=O)O.CC[C@H](C)[C@H](N)C(O)O.NC(CCC(=O)O)C(=O)O.O=C(O)CCC(=O)C(=O)O. The highest BCUT2D eigenvalue weighted by Gasteiger charge is 2.18. The van der Waals surface area contributed by atoms with Crippen LogP contribution in [0.25, 0.3) is 0 Å². The first-order valence-corrected chi connectivity index (χ1v) is 11.3. The van der Waals surface area contributed by atoms with Crippen molar-refractivity contribution < 1.29 is 69.3 Å². The van der Waals surface area contributed by atoms with Crippen LogP contribution in [-0.4, -0.2) is 95.5 Å². The predicted octanol–water partition coefficient (Wildman–Crippen LogP) is -0.875. The van der Waals surface area contributed by atoms with Crippen LogP contribution in [-0.2, 0) is 33.6 Å². The van der Waals surface area contributed by atoms with E-state index in [1.807, 2.05) is 13.8 Å². The lowest BCUT2D eigenvalue weighted by atomic mass is 10.00. The fourth-order valence-electron chi connectivity index (χ4n) is 1.69. The first kappa shape index (κ1) is 41.6. The Kier molecular flexibility index (Phi) is 26.2. The zero-order chi connectivity index (χ0) is 31.2. The first-order chi connectivity index (χ1) is 17.3. The molecule has 0 aromatic heterocycles. The van der Waals surface area contributed by atoms with Gasteiger partial charge in [-0.3, -0.25) is 24.0 Å². The lowest BCUT2D eigenvalue weighted by molar-refractivity contribution is -0.150. The number of aliphatic hydroxyl groups excluding tert-OH is 1. The van der Waals surface area contributed by atoms with Gasteiger partial charge in [0.15, 0.2) is 6.29 Å². The van der Waals surface area contributed by atoms with Crippen molar-refractivity contribution in [1.29, 1.82) is 0 Å². The van der Waals surface area contributed by atoms with Gasteiger partial charge < -0.3 is 47.2 Å². The number of hydrogen-bond acceptors (Lipinski definition) is 11. The average molecular weight is 557 g/mol. The van der Waals surface area contributed by atoms with Gasteiger partial charge in [0.05, 0.1) is 12.5 Å². The first-order valence-electron chi connectivity index (χ1n) is 11.3. The van der Waals surface area contributed by atoms with Crippen molar-refractivity contribution in [2.75, 3.05) is 0 Å². The molecule has 0 heterocycles. The number of carbonyl (C=O) groups is 7. The molecule has 0 fully saturated rings. The summed E-state index contributed by atoms with van der Waals surface area (Å²) in [6, 6.07) is -1.56. The second-order valence-corrected chi connectivity index (χ2v) is 7.85. The van der Waals surface area contributed by atoms with E-state index in [4.69, 9.17) is 47.2 Å². The Hall–Kier alpha value is -3.47. The molecule has 0 spiro atoms. The summed E-state index contributed by atoms with van der Waals surface area (Å²) in [4.78, 5) is 70.0. The summed E-state index contributed by atoms with van der Waals surface area (Å²) in [5.41, 5.74) is 10.4. The molecule has 11 N–H and O–H groups in total. The van der Waals surface area contributed by atoms with Crippen LogP contribution in [0, 0.1) is 11.8 Å². The second-order valence-electron chi connectivity index (χ2n) is 7.85. The Morgan fingerprint density at radius 1 is 0.684 bits per heavy atom. The normalized spacial score (nSPS) is 12.9. The Labute approximate surface area is 219 Å². The van der Waals surface area contributed by atoms with Crippen LogP contribution in [0.1, 0.15) is 66.2 Å². The largest absolute Gasteiger partial charge is 0.481 e. The zero-order valence-corrected chi connectivity index (χ0v) is 21.8. The molecule has 0 aliphatic heterocycles. The van der Waals surface area contributed by atoms with Gasteiger partial charge in [0.2, 0.25) is 11.6 Å². The van der Waals surface area contributed by atoms with Gasteiger partial charge in [-0.05, 0) is 18.8 Å². The van der Waals surface area contributed by atoms with Crippen molar-refractivity contribution in [2.24, 2.45) is 23.3 Å². The predicted molar refractivity (Wildman–Crippen MR) is 130 cm³/mol. The maximum atomic E-state index is 10.5. The number of ketones is 2. The van der Waals surface area contributed by atoms with E-state index in [2.05, 4.69) is 0 Å². The lowest BCUT2D eigenvalue weighted by Crippen LogP contribution is -2.39. The fraction of sp³-hybridized carbons (Fsp3) is 0.682. The number of carboxylic acids is 5. The molecular formula is C22H40N2O14. The van der Waals surface area contributed by atoms with Crippen LogP contribution in [0.4, 0.5) is 0 Å². The number of carboxylic acid groups (broad SMARTS) is 5. The summed E-state index contributed by atoms with van der Waals surface area (Å²) >= 11 is 0. The summed E-state index contributed by atoms with van der Waals surface area (Å²) in [5.74, 6) is -8.22. The van der Waals surface area contributed by atoms with Crippen molar-refractivity contribution >= 4 is 41.4 Å². The molecule has 0 aliphatic rings. The second kappa shape index (κ2) is 23.9. The minimum Gasteiger partial charge on any atom is -0.481 e. The summed E-state index contributed by atoms with van der Waals surface area (Å²) in [6.45, 7) is 7.25. The highest BCUT2D eigenvalue weighted by atomic mass is 16.5. The Bertz CT molecular complexity index is 769. The highest BCUT2D eigenvalue weighted by molar-refractivity contribution is 6.33. The van der Waals surface area contributed by atoms with E-state index in [1.54, 1.807) is 13.8 Å². The third-order valence-corrected chi connectivity index (χ3v) is 4.71. The van der Waals surface area contributed by atoms with Crippen molar-refractivity contribution in [3.8, 4) is 0 Å². The maximum absolute atomic E-state index is 10.5. The standard InChI is InChI=1S/C6H15NO2.C6H10O3.C5H9NO4.C5H6O5/c2*1-3-4(2)5(7)6(8)9;2*6-3(5(9)10)1-2-4(7)8/h4-6,8-9H,3,7H2,1-2H3;4H,3H2,1-2H3,(H,8,9);3H,1-2,6H2,(H,7,8)(H,9,10);1-2H2,(H,7,8)(H,9,10)/t4-,5-;4-;;/m00../s1. The molecule has 0 rings (SSSR count). The molecule has 16 nitrogen and oxygen atoms in total. The maximum Gasteiger partial charge on any atom is 0.372 e. The van der Waals surface area contributed by atoms with Crippen molar-refractivity contribution in [2.45, 2.75) is 84.6 Å². The quantitative estimate of drug-likeness (QED) is 0.0926. The number of carbonyl (C=O) groups excluding carboxylic acids is 2. The monoisotopic (exact) mass is 556 g/mol. The molecular weight excluding hydrogens is 516 g/mol. The highest BCUT2D eigenvalue weighted by Crippen LogP contribution is 2.06. The topological polar surface area (TPSA) is 313 Å². The number of aliphatic hydroxyl groups is 2. The minimum atomic E-state index is -1.58. The van der Waals surface area contributed by atoms with Gasteiger partial charge >= 0.3 is 29.8 Å². The molecule has 0 aromatic rings. The molecule has 0 radical (unpaired) electrons. The summed E-state index contributed by atoms with van der Waals surface area (Å²) < 4.78 is 0. The van der Waals surface area contributed by atoms with Crippen molar-refractivity contribution in [1.82, 2.24) is 0 Å². The molecule has 0 saturated carbocycles. The smallest absolute Gasteiger partial charge is 0.372 e. The molecule has 0 saturated heterocycles. The Morgan fingerprint density at radius 2 is 1.13 bits per heavy atom. The molecule has 16 heteroatoms. The van der Waals surface area contributed by atoms with Crippen molar-refractivity contribution in [3.05, 3.63) is 0 Å². The van der Waals surface area contributed by atoms with Gasteiger partial charge in [-0.15, -0.1) is 0 Å².